The van der Waals surface area contributed by atoms with Crippen molar-refractivity contribution in [1.82, 2.24) is 15.1 Å². The molecule has 0 bridgehead atoms. The first-order valence-electron chi connectivity index (χ1n) is 5.22. The predicted molar refractivity (Wildman–Crippen MR) is 56.5 cm³/mol. The molecule has 4 nitrogen and oxygen atoms in total. The Balaban J connectivity index is 2.21. The van der Waals surface area contributed by atoms with Crippen LogP contribution in [0.15, 0.2) is 0 Å². The van der Waals surface area contributed by atoms with E-state index in [-0.39, 0.29) is 0 Å². The Morgan fingerprint density at radius 1 is 1.43 bits per heavy atom. The number of aromatic nitrogens is 2. The van der Waals surface area contributed by atoms with Gasteiger partial charge in [-0.25, -0.2) is 0 Å². The van der Waals surface area contributed by atoms with Crippen LogP contribution in [0.1, 0.15) is 12.6 Å². The highest BCUT2D eigenvalue weighted by molar-refractivity contribution is 5.49. The number of aryl methyl sites for hydroxylation is 1. The molecule has 1 saturated heterocycles. The first-order valence-corrected chi connectivity index (χ1v) is 5.22. The van der Waals surface area contributed by atoms with E-state index in [9.17, 15) is 0 Å². The van der Waals surface area contributed by atoms with Crippen LogP contribution < -0.4 is 10.2 Å². The molecule has 0 aromatic carbocycles. The molecular formula is C10H17N4. The summed E-state index contributed by atoms with van der Waals surface area (Å²) in [6, 6.07) is 0. The van der Waals surface area contributed by atoms with E-state index in [0.717, 1.165) is 32.6 Å². The second-order valence-electron chi connectivity index (χ2n) is 3.62. The minimum atomic E-state index is 1.02. The molecule has 14 heavy (non-hydrogen) atoms. The zero-order chi connectivity index (χ0) is 9.97. The number of hydrogen-bond acceptors (Lipinski definition) is 3. The summed E-state index contributed by atoms with van der Waals surface area (Å²) in [6.07, 6.45) is 4.13. The van der Waals surface area contributed by atoms with Crippen LogP contribution >= 0.6 is 0 Å². The lowest BCUT2D eigenvalue weighted by Gasteiger charge is -2.28. The van der Waals surface area contributed by atoms with Gasteiger partial charge in [-0.05, 0) is 6.42 Å². The van der Waals surface area contributed by atoms with E-state index in [2.05, 4.69) is 28.4 Å². The van der Waals surface area contributed by atoms with E-state index in [4.69, 9.17) is 0 Å². The molecule has 2 heterocycles. The number of anilines is 1. The monoisotopic (exact) mass is 193 g/mol. The molecule has 2 rings (SSSR count). The summed E-state index contributed by atoms with van der Waals surface area (Å²) < 4.78 is 1.93. The van der Waals surface area contributed by atoms with E-state index < -0.39 is 0 Å². The molecule has 1 aliphatic rings. The van der Waals surface area contributed by atoms with Gasteiger partial charge in [0.1, 0.15) is 6.20 Å². The summed E-state index contributed by atoms with van der Waals surface area (Å²) in [5.41, 5.74) is 2.48. The van der Waals surface area contributed by atoms with Crippen molar-refractivity contribution in [3.63, 3.8) is 0 Å². The van der Waals surface area contributed by atoms with Crippen molar-refractivity contribution in [3.05, 3.63) is 11.9 Å². The van der Waals surface area contributed by atoms with Crippen LogP contribution in [-0.4, -0.2) is 36.0 Å². The molecule has 1 aromatic heterocycles. The van der Waals surface area contributed by atoms with Gasteiger partial charge in [-0.15, -0.1) is 0 Å². The molecule has 0 spiro atoms. The smallest absolute Gasteiger partial charge is 0.138 e. The number of nitrogens with zero attached hydrogens (tertiary/aromatic N) is 3. The molecule has 1 aromatic rings. The van der Waals surface area contributed by atoms with Gasteiger partial charge < -0.3 is 10.2 Å². The van der Waals surface area contributed by atoms with E-state index in [1.807, 2.05) is 11.7 Å². The highest BCUT2D eigenvalue weighted by atomic mass is 15.3. The Bertz CT molecular complexity index is 299. The minimum absolute atomic E-state index is 1.02. The van der Waals surface area contributed by atoms with Crippen LogP contribution in [0.2, 0.25) is 0 Å². The number of rotatable bonds is 2. The van der Waals surface area contributed by atoms with E-state index in [1.54, 1.807) is 0 Å². The third-order valence-electron chi connectivity index (χ3n) is 2.74. The lowest BCUT2D eigenvalue weighted by Crippen LogP contribution is -2.43. The Kier molecular flexibility index (Phi) is 2.72. The molecule has 0 unspecified atom stereocenters. The maximum atomic E-state index is 4.19. The SMILES string of the molecule is CCc1c(N2CCNCC2)[c]nn1C. The average Bonchev–Trinajstić information content (AvgIpc) is 2.61. The van der Waals surface area contributed by atoms with E-state index in [0.29, 0.717) is 0 Å². The van der Waals surface area contributed by atoms with Crippen LogP contribution in [0.25, 0.3) is 0 Å². The van der Waals surface area contributed by atoms with Gasteiger partial charge in [-0.2, -0.15) is 5.10 Å². The van der Waals surface area contributed by atoms with Gasteiger partial charge >= 0.3 is 0 Å². The van der Waals surface area contributed by atoms with Crippen molar-refractivity contribution in [2.75, 3.05) is 31.1 Å². The minimum Gasteiger partial charge on any atom is -0.366 e. The molecule has 0 atom stereocenters. The van der Waals surface area contributed by atoms with Crippen LogP contribution in [0, 0.1) is 6.20 Å². The molecule has 0 saturated carbocycles. The van der Waals surface area contributed by atoms with E-state index >= 15 is 0 Å². The molecule has 4 heteroatoms. The highest BCUT2D eigenvalue weighted by Gasteiger charge is 2.16. The summed E-state index contributed by atoms with van der Waals surface area (Å²) in [6.45, 7) is 6.42. The maximum Gasteiger partial charge on any atom is 0.138 e. The number of piperazine rings is 1. The molecule has 1 fully saturated rings. The van der Waals surface area contributed by atoms with Gasteiger partial charge in [0.05, 0.1) is 11.4 Å². The van der Waals surface area contributed by atoms with Gasteiger partial charge in [0.15, 0.2) is 0 Å². The molecule has 1 radical (unpaired) electrons. The zero-order valence-corrected chi connectivity index (χ0v) is 8.88. The van der Waals surface area contributed by atoms with Crippen molar-refractivity contribution in [2.24, 2.45) is 7.05 Å². The predicted octanol–water partition coefficient (Wildman–Crippen LogP) is 0.192. The Morgan fingerprint density at radius 3 is 2.79 bits per heavy atom. The Labute approximate surface area is 84.9 Å². The summed E-state index contributed by atoms with van der Waals surface area (Å²) in [4.78, 5) is 2.36. The zero-order valence-electron chi connectivity index (χ0n) is 8.88. The summed E-state index contributed by atoms with van der Waals surface area (Å²) in [5.74, 6) is 0. The fraction of sp³-hybridized carbons (Fsp3) is 0.700. The van der Waals surface area contributed by atoms with Crippen molar-refractivity contribution in [2.45, 2.75) is 13.3 Å². The first kappa shape index (κ1) is 9.52. The maximum absolute atomic E-state index is 4.19. The molecule has 0 amide bonds. The molecular weight excluding hydrogens is 176 g/mol. The number of hydrogen-bond donors (Lipinski definition) is 1. The summed E-state index contributed by atoms with van der Waals surface area (Å²) in [5, 5.41) is 7.54. The van der Waals surface area contributed by atoms with Crippen LogP contribution in [0.4, 0.5) is 5.69 Å². The largest absolute Gasteiger partial charge is 0.366 e. The third-order valence-corrected chi connectivity index (χ3v) is 2.74. The van der Waals surface area contributed by atoms with Crippen molar-refractivity contribution in [3.8, 4) is 0 Å². The van der Waals surface area contributed by atoms with Crippen molar-refractivity contribution >= 4 is 5.69 Å². The van der Waals surface area contributed by atoms with Gasteiger partial charge in [0.2, 0.25) is 0 Å². The fourth-order valence-corrected chi connectivity index (χ4v) is 1.94. The van der Waals surface area contributed by atoms with Crippen LogP contribution in [0.3, 0.4) is 0 Å². The summed E-state index contributed by atoms with van der Waals surface area (Å²) >= 11 is 0. The third kappa shape index (κ3) is 1.62. The Hall–Kier alpha value is -1.03. The topological polar surface area (TPSA) is 33.1 Å². The van der Waals surface area contributed by atoms with Gasteiger partial charge in [-0.3, -0.25) is 4.68 Å². The first-order chi connectivity index (χ1) is 6.83. The quantitative estimate of drug-likeness (QED) is 0.728. The Morgan fingerprint density at radius 2 is 2.14 bits per heavy atom. The fourth-order valence-electron chi connectivity index (χ4n) is 1.94. The lowest BCUT2D eigenvalue weighted by molar-refractivity contribution is 0.586. The second-order valence-corrected chi connectivity index (χ2v) is 3.62. The molecule has 1 N–H and O–H groups in total. The van der Waals surface area contributed by atoms with Gasteiger partial charge in [-0.1, -0.05) is 6.92 Å². The van der Waals surface area contributed by atoms with Crippen molar-refractivity contribution in [1.29, 1.82) is 0 Å². The van der Waals surface area contributed by atoms with Crippen LogP contribution in [0.5, 0.6) is 0 Å². The number of nitrogens with one attached hydrogen (secondary N) is 1. The standard InChI is InChI=1S/C10H17N4/c1-3-9-10(8-12-13(9)2)14-6-4-11-5-7-14/h11H,3-7H2,1-2H3. The van der Waals surface area contributed by atoms with E-state index in [1.165, 1.54) is 11.4 Å². The van der Waals surface area contributed by atoms with Crippen molar-refractivity contribution < 1.29 is 0 Å². The molecule has 0 aliphatic carbocycles. The lowest BCUT2D eigenvalue weighted by atomic mass is 10.2. The highest BCUT2D eigenvalue weighted by Crippen LogP contribution is 2.19. The second kappa shape index (κ2) is 4.00. The normalized spacial score (nSPS) is 17.4. The van der Waals surface area contributed by atoms with Gasteiger partial charge in [0, 0.05) is 33.2 Å². The van der Waals surface area contributed by atoms with Gasteiger partial charge in [0.25, 0.3) is 0 Å². The molecule has 1 aliphatic heterocycles. The molecule has 77 valence electrons. The summed E-state index contributed by atoms with van der Waals surface area (Å²) in [7, 11) is 1.99. The average molecular weight is 193 g/mol. The van der Waals surface area contributed by atoms with Crippen LogP contribution in [-0.2, 0) is 13.5 Å².